The molecule has 1 unspecified atom stereocenters. The van der Waals surface area contributed by atoms with Gasteiger partial charge in [-0.3, -0.25) is 9.59 Å². The van der Waals surface area contributed by atoms with Gasteiger partial charge < -0.3 is 31.0 Å². The number of para-hydroxylation sites is 2. The van der Waals surface area contributed by atoms with Gasteiger partial charge in [0.2, 0.25) is 11.8 Å². The van der Waals surface area contributed by atoms with Crippen molar-refractivity contribution >= 4 is 17.9 Å². The molecule has 0 spiro atoms. The van der Waals surface area contributed by atoms with Crippen LogP contribution in [0.3, 0.4) is 0 Å². The van der Waals surface area contributed by atoms with E-state index in [0.29, 0.717) is 24.7 Å². The third-order valence-electron chi connectivity index (χ3n) is 3.70. The molecule has 1 atom stereocenters. The number of methoxy groups -OCH3 is 1. The molecular weight excluding hydrogens is 366 g/mol. The number of hydrogen-bond donors (Lipinski definition) is 3. The first-order valence-corrected chi connectivity index (χ1v) is 8.31. The van der Waals surface area contributed by atoms with E-state index in [1.54, 1.807) is 19.2 Å². The Kier molecular flexibility index (Phi) is 7.21. The number of carbonyl (C=O) groups is 3. The van der Waals surface area contributed by atoms with Gasteiger partial charge in [0.1, 0.15) is 6.61 Å². The maximum absolute atomic E-state index is 10.8. The van der Waals surface area contributed by atoms with Crippen LogP contribution in [0.2, 0.25) is 0 Å². The van der Waals surface area contributed by atoms with Crippen molar-refractivity contribution in [3.05, 3.63) is 59.7 Å². The fourth-order valence-corrected chi connectivity index (χ4v) is 2.36. The average molecular weight is 387 g/mol. The van der Waals surface area contributed by atoms with Crippen LogP contribution in [-0.2, 0) is 4.74 Å². The maximum Gasteiger partial charge on any atom is 0.407 e. The van der Waals surface area contributed by atoms with Gasteiger partial charge in [0.25, 0.3) is 0 Å². The lowest BCUT2D eigenvalue weighted by molar-refractivity contribution is 0.0967. The fourth-order valence-electron chi connectivity index (χ4n) is 2.36. The van der Waals surface area contributed by atoms with E-state index in [0.717, 1.165) is 0 Å². The number of rotatable bonds is 6. The molecule has 0 saturated carbocycles. The first kappa shape index (κ1) is 20.6. The lowest BCUT2D eigenvalue weighted by atomic mass is 10.1. The molecule has 2 aromatic carbocycles. The number of benzene rings is 2. The largest absolute Gasteiger partial charge is 0.493 e. The molecule has 0 aliphatic carbocycles. The van der Waals surface area contributed by atoms with Gasteiger partial charge >= 0.3 is 6.09 Å². The molecule has 9 heteroatoms. The van der Waals surface area contributed by atoms with Gasteiger partial charge in [-0.15, -0.1) is 0 Å². The number of nitrogens with two attached hydrogens (primary N) is 2. The molecule has 1 fully saturated rings. The monoisotopic (exact) mass is 387 g/mol. The zero-order valence-electron chi connectivity index (χ0n) is 15.2. The molecule has 28 heavy (non-hydrogen) atoms. The van der Waals surface area contributed by atoms with Crippen molar-refractivity contribution in [2.45, 2.75) is 6.10 Å². The van der Waals surface area contributed by atoms with E-state index in [1.807, 2.05) is 24.3 Å². The molecule has 0 aromatic heterocycles. The Labute approximate surface area is 161 Å². The Bertz CT molecular complexity index is 822. The minimum atomic E-state index is -0.649. The van der Waals surface area contributed by atoms with Gasteiger partial charge in [-0.25, -0.2) is 4.79 Å². The minimum Gasteiger partial charge on any atom is -0.493 e. The Morgan fingerprint density at radius 2 is 1.57 bits per heavy atom. The molecule has 3 rings (SSSR count). The molecular formula is C19H21N3O6. The number of cyclic esters (lactones) is 1. The summed E-state index contributed by atoms with van der Waals surface area (Å²) in [5, 5.41) is 2.56. The first-order chi connectivity index (χ1) is 13.4. The summed E-state index contributed by atoms with van der Waals surface area (Å²) in [6.07, 6.45) is -0.633. The van der Waals surface area contributed by atoms with Crippen LogP contribution >= 0.6 is 0 Å². The Balaban J connectivity index is 0.000000209. The average Bonchev–Trinajstić information content (AvgIpc) is 3.12. The van der Waals surface area contributed by atoms with Crippen molar-refractivity contribution in [1.29, 1.82) is 0 Å². The predicted octanol–water partition coefficient (Wildman–Crippen LogP) is 1.07. The number of ether oxygens (including phenoxy) is 3. The van der Waals surface area contributed by atoms with Crippen LogP contribution in [0.1, 0.15) is 20.7 Å². The van der Waals surface area contributed by atoms with Crippen LogP contribution in [-0.4, -0.2) is 44.3 Å². The van der Waals surface area contributed by atoms with E-state index in [1.165, 1.54) is 12.1 Å². The second-order valence-electron chi connectivity index (χ2n) is 5.64. The highest BCUT2D eigenvalue weighted by Crippen LogP contribution is 2.26. The van der Waals surface area contributed by atoms with E-state index in [2.05, 4.69) is 5.32 Å². The number of hydrogen-bond acceptors (Lipinski definition) is 6. The van der Waals surface area contributed by atoms with Crippen molar-refractivity contribution < 1.29 is 28.6 Å². The molecule has 148 valence electrons. The van der Waals surface area contributed by atoms with Crippen LogP contribution in [0.15, 0.2) is 48.5 Å². The lowest BCUT2D eigenvalue weighted by Gasteiger charge is -2.12. The van der Waals surface area contributed by atoms with E-state index >= 15 is 0 Å². The lowest BCUT2D eigenvalue weighted by Crippen LogP contribution is -2.22. The maximum atomic E-state index is 10.8. The highest BCUT2D eigenvalue weighted by atomic mass is 16.6. The molecule has 1 aliphatic rings. The number of amides is 3. The summed E-state index contributed by atoms with van der Waals surface area (Å²) < 4.78 is 15.6. The molecule has 1 heterocycles. The van der Waals surface area contributed by atoms with Crippen molar-refractivity contribution in [2.75, 3.05) is 20.3 Å². The smallest absolute Gasteiger partial charge is 0.407 e. The quantitative estimate of drug-likeness (QED) is 0.676. The van der Waals surface area contributed by atoms with Crippen LogP contribution < -0.4 is 26.3 Å². The summed E-state index contributed by atoms with van der Waals surface area (Å²) >= 11 is 0. The summed E-state index contributed by atoms with van der Waals surface area (Å²) in [7, 11) is 1.58. The number of primary amides is 2. The predicted molar refractivity (Wildman–Crippen MR) is 100 cm³/mol. The van der Waals surface area contributed by atoms with Crippen molar-refractivity contribution in [3.63, 3.8) is 0 Å². The molecule has 0 bridgehead atoms. The van der Waals surface area contributed by atoms with Gasteiger partial charge in [-0.1, -0.05) is 24.3 Å². The highest BCUT2D eigenvalue weighted by molar-refractivity contribution is 6.06. The summed E-state index contributed by atoms with van der Waals surface area (Å²) in [4.78, 5) is 32.3. The third-order valence-corrected chi connectivity index (χ3v) is 3.70. The third kappa shape index (κ3) is 5.63. The van der Waals surface area contributed by atoms with E-state index < -0.39 is 17.9 Å². The Morgan fingerprint density at radius 1 is 1.04 bits per heavy atom. The van der Waals surface area contributed by atoms with Crippen LogP contribution in [0.25, 0.3) is 0 Å². The molecule has 3 amide bonds. The molecule has 0 radical (unpaired) electrons. The number of alkyl carbamates (subject to hydrolysis) is 1. The Morgan fingerprint density at radius 3 is 2.04 bits per heavy atom. The molecule has 1 saturated heterocycles. The topological polar surface area (TPSA) is 143 Å². The van der Waals surface area contributed by atoms with Gasteiger partial charge in [-0.05, 0) is 24.3 Å². The molecule has 2 aromatic rings. The molecule has 1 aliphatic heterocycles. The first-order valence-electron chi connectivity index (χ1n) is 8.31. The van der Waals surface area contributed by atoms with Gasteiger partial charge in [0.15, 0.2) is 17.6 Å². The number of nitrogens with one attached hydrogen (secondary N) is 1. The second-order valence-corrected chi connectivity index (χ2v) is 5.64. The van der Waals surface area contributed by atoms with Gasteiger partial charge in [0.05, 0.1) is 24.8 Å². The minimum absolute atomic E-state index is 0.157. The molecule has 5 N–H and O–H groups in total. The summed E-state index contributed by atoms with van der Waals surface area (Å²) in [6, 6.07) is 13.5. The van der Waals surface area contributed by atoms with Crippen LogP contribution in [0, 0.1) is 0 Å². The zero-order chi connectivity index (χ0) is 20.5. The Hall–Kier alpha value is -3.75. The van der Waals surface area contributed by atoms with Gasteiger partial charge in [-0.2, -0.15) is 0 Å². The van der Waals surface area contributed by atoms with Crippen LogP contribution in [0.4, 0.5) is 4.79 Å². The summed E-state index contributed by atoms with van der Waals surface area (Å²) in [5.41, 5.74) is 10.3. The SMILES string of the molecule is COc1ccccc1OCC1CNC(=O)O1.NC(=O)c1ccccc1C(N)=O. The summed E-state index contributed by atoms with van der Waals surface area (Å²) in [6.45, 7) is 0.799. The van der Waals surface area contributed by atoms with Gasteiger partial charge in [0, 0.05) is 0 Å². The van der Waals surface area contributed by atoms with Crippen molar-refractivity contribution in [3.8, 4) is 11.5 Å². The van der Waals surface area contributed by atoms with Crippen molar-refractivity contribution in [1.82, 2.24) is 5.32 Å². The van der Waals surface area contributed by atoms with E-state index in [9.17, 15) is 14.4 Å². The van der Waals surface area contributed by atoms with Crippen molar-refractivity contribution in [2.24, 2.45) is 11.5 Å². The van der Waals surface area contributed by atoms with E-state index in [4.69, 9.17) is 25.7 Å². The highest BCUT2D eigenvalue weighted by Gasteiger charge is 2.23. The normalized spacial score (nSPS) is 14.8. The van der Waals surface area contributed by atoms with Crippen LogP contribution in [0.5, 0.6) is 11.5 Å². The summed E-state index contributed by atoms with van der Waals surface area (Å²) in [5.74, 6) is 0.0153. The number of carbonyl (C=O) groups excluding carboxylic acids is 3. The molecule has 9 nitrogen and oxygen atoms in total. The van der Waals surface area contributed by atoms with E-state index in [-0.39, 0.29) is 17.2 Å². The standard InChI is InChI=1S/C11H13NO4.C8H8N2O2/c1-14-9-4-2-3-5-10(9)15-7-8-6-12-11(13)16-8;9-7(11)5-3-1-2-4-6(5)8(10)12/h2-5,8H,6-7H2,1H3,(H,12,13);1-4H,(H2,9,11)(H2,10,12). The zero-order valence-corrected chi connectivity index (χ0v) is 15.2. The fraction of sp³-hybridized carbons (Fsp3) is 0.211. The second kappa shape index (κ2) is 9.81.